The highest BCUT2D eigenvalue weighted by Crippen LogP contribution is 2.18. The van der Waals surface area contributed by atoms with Crippen molar-refractivity contribution in [3.8, 4) is 5.75 Å². The topological polar surface area (TPSA) is 36.9 Å². The van der Waals surface area contributed by atoms with E-state index in [2.05, 4.69) is 6.58 Å². The lowest BCUT2D eigenvalue weighted by Gasteiger charge is -2.23. The van der Waals surface area contributed by atoms with Gasteiger partial charge in [0.25, 0.3) is 0 Å². The third-order valence-electron chi connectivity index (χ3n) is 3.37. The molecule has 4 nitrogen and oxygen atoms in total. The van der Waals surface area contributed by atoms with Crippen LogP contribution in [0.3, 0.4) is 0 Å². The van der Waals surface area contributed by atoms with Gasteiger partial charge in [0, 0.05) is 32.5 Å². The van der Waals surface area contributed by atoms with E-state index in [-0.39, 0.29) is 6.29 Å². The summed E-state index contributed by atoms with van der Waals surface area (Å²) in [5, 5.41) is 0. The van der Waals surface area contributed by atoms with Crippen LogP contribution in [0.5, 0.6) is 5.75 Å². The van der Waals surface area contributed by atoms with Crippen LogP contribution < -0.4 is 4.43 Å². The normalized spacial score (nSPS) is 12.3. The van der Waals surface area contributed by atoms with Crippen LogP contribution in [-0.4, -0.2) is 41.8 Å². The highest BCUT2D eigenvalue weighted by atomic mass is 28.3. The molecule has 0 fully saturated rings. The lowest BCUT2D eigenvalue weighted by atomic mass is 10.2. The Bertz CT molecular complexity index is 416. The summed E-state index contributed by atoms with van der Waals surface area (Å²) in [5.74, 6) is 0.899. The fraction of sp³-hybridized carbons (Fsp3) is 0.556. The van der Waals surface area contributed by atoms with E-state index < -0.39 is 9.04 Å². The number of rotatable bonds is 13. The van der Waals surface area contributed by atoms with Crippen molar-refractivity contribution < 1.29 is 18.6 Å². The van der Waals surface area contributed by atoms with E-state index in [1.165, 1.54) is 0 Å². The maximum atomic E-state index is 6.25. The van der Waals surface area contributed by atoms with Crippen LogP contribution in [0.15, 0.2) is 30.8 Å². The highest BCUT2D eigenvalue weighted by molar-refractivity contribution is 6.52. The van der Waals surface area contributed by atoms with Gasteiger partial charge >= 0.3 is 0 Å². The second kappa shape index (κ2) is 12.3. The number of ether oxygens (including phenoxy) is 3. The first-order valence-corrected chi connectivity index (χ1v) is 10.5. The number of hydrogen-bond donors (Lipinski definition) is 0. The van der Waals surface area contributed by atoms with Gasteiger partial charge in [-0.25, -0.2) is 0 Å². The summed E-state index contributed by atoms with van der Waals surface area (Å²) in [4.78, 5) is 0. The van der Waals surface area contributed by atoms with Crippen LogP contribution in [0.1, 0.15) is 26.3 Å². The van der Waals surface area contributed by atoms with Crippen LogP contribution in [-0.2, 0) is 14.2 Å². The third kappa shape index (κ3) is 8.32. The van der Waals surface area contributed by atoms with Crippen LogP contribution in [0.2, 0.25) is 12.1 Å². The first-order valence-electron chi connectivity index (χ1n) is 8.43. The van der Waals surface area contributed by atoms with Crippen molar-refractivity contribution in [1.82, 2.24) is 0 Å². The minimum atomic E-state index is -1.54. The van der Waals surface area contributed by atoms with E-state index >= 15 is 0 Å². The Labute approximate surface area is 142 Å². The number of hydrogen-bond acceptors (Lipinski definition) is 4. The van der Waals surface area contributed by atoms with Crippen LogP contribution >= 0.6 is 0 Å². The van der Waals surface area contributed by atoms with Crippen molar-refractivity contribution in [2.75, 3.05) is 26.4 Å². The lowest BCUT2D eigenvalue weighted by Crippen LogP contribution is -2.31. The quantitative estimate of drug-likeness (QED) is 0.311. The molecule has 0 amide bonds. The molecule has 1 rings (SSSR count). The molecule has 0 heterocycles. The maximum absolute atomic E-state index is 6.25. The monoisotopic (exact) mass is 338 g/mol. The largest absolute Gasteiger partial charge is 0.546 e. The van der Waals surface area contributed by atoms with Gasteiger partial charge in [0.1, 0.15) is 5.75 Å². The second-order valence-corrected chi connectivity index (χ2v) is 7.60. The van der Waals surface area contributed by atoms with E-state index in [0.29, 0.717) is 13.2 Å². The molecular weight excluding hydrogens is 308 g/mol. The molecule has 0 aliphatic heterocycles. The van der Waals surface area contributed by atoms with Gasteiger partial charge < -0.3 is 18.6 Å². The van der Waals surface area contributed by atoms with Crippen molar-refractivity contribution in [2.45, 2.75) is 39.1 Å². The Morgan fingerprint density at radius 1 is 1.04 bits per heavy atom. The Morgan fingerprint density at radius 2 is 1.70 bits per heavy atom. The zero-order valence-electron chi connectivity index (χ0n) is 14.6. The van der Waals surface area contributed by atoms with Gasteiger partial charge in [-0.2, -0.15) is 0 Å². The van der Waals surface area contributed by atoms with Gasteiger partial charge in [0.15, 0.2) is 6.29 Å². The molecule has 0 bridgehead atoms. The molecule has 1 atom stereocenters. The highest BCUT2D eigenvalue weighted by Gasteiger charge is 2.21. The summed E-state index contributed by atoms with van der Waals surface area (Å²) in [6.45, 7) is 12.5. The SMILES string of the molecule is C=Cc1ccc(O[SiH](CCOCC)CC(OCC)OCC)cc1. The van der Waals surface area contributed by atoms with E-state index in [1.54, 1.807) is 0 Å². The lowest BCUT2D eigenvalue weighted by molar-refractivity contribution is -0.124. The summed E-state index contributed by atoms with van der Waals surface area (Å²) in [6.07, 6.45) is 1.64. The summed E-state index contributed by atoms with van der Waals surface area (Å²) in [7, 11) is -1.54. The second-order valence-electron chi connectivity index (χ2n) is 5.07. The summed E-state index contributed by atoms with van der Waals surface area (Å²) >= 11 is 0. The van der Waals surface area contributed by atoms with E-state index in [1.807, 2.05) is 51.1 Å². The van der Waals surface area contributed by atoms with E-state index in [4.69, 9.17) is 18.6 Å². The zero-order valence-corrected chi connectivity index (χ0v) is 15.8. The van der Waals surface area contributed by atoms with Gasteiger partial charge in [0.2, 0.25) is 9.04 Å². The van der Waals surface area contributed by atoms with Crippen molar-refractivity contribution in [1.29, 1.82) is 0 Å². The summed E-state index contributed by atoms with van der Waals surface area (Å²) < 4.78 is 23.1. The molecule has 0 saturated heterocycles. The van der Waals surface area contributed by atoms with Gasteiger partial charge in [-0.05, 0) is 44.5 Å². The molecule has 0 N–H and O–H groups in total. The number of benzene rings is 1. The molecular formula is C18H30O4Si. The molecule has 1 unspecified atom stereocenters. The van der Waals surface area contributed by atoms with Crippen molar-refractivity contribution in [2.24, 2.45) is 0 Å². The van der Waals surface area contributed by atoms with Gasteiger partial charge in [-0.1, -0.05) is 24.8 Å². The molecule has 5 heteroatoms. The molecule has 1 aromatic rings. The van der Waals surface area contributed by atoms with Gasteiger partial charge in [0.05, 0.1) is 0 Å². The minimum absolute atomic E-state index is 0.184. The standard InChI is InChI=1S/C18H30O4Si/c1-5-16-9-11-17(12-10-16)22-23(14-13-19-6-2)15-18(20-7-3)21-8-4/h5,9-12,18,23H,1,6-8,13-15H2,2-4H3. The first-order chi connectivity index (χ1) is 11.2. The summed E-state index contributed by atoms with van der Waals surface area (Å²) in [5.41, 5.74) is 1.09. The third-order valence-corrected chi connectivity index (χ3v) is 5.76. The summed E-state index contributed by atoms with van der Waals surface area (Å²) in [6, 6.07) is 9.77. The molecule has 1 aromatic carbocycles. The van der Waals surface area contributed by atoms with Crippen LogP contribution in [0, 0.1) is 0 Å². The van der Waals surface area contributed by atoms with Crippen molar-refractivity contribution in [3.63, 3.8) is 0 Å². The first kappa shape index (κ1) is 19.9. The average molecular weight is 339 g/mol. The van der Waals surface area contributed by atoms with Crippen molar-refractivity contribution in [3.05, 3.63) is 36.4 Å². The van der Waals surface area contributed by atoms with Crippen molar-refractivity contribution >= 4 is 15.1 Å². The maximum Gasteiger partial charge on any atom is 0.242 e. The van der Waals surface area contributed by atoms with Crippen LogP contribution in [0.25, 0.3) is 6.08 Å². The smallest absolute Gasteiger partial charge is 0.242 e. The predicted molar refractivity (Wildman–Crippen MR) is 97.5 cm³/mol. The Balaban J connectivity index is 2.66. The molecule has 0 aromatic heterocycles. The zero-order chi connectivity index (χ0) is 16.9. The minimum Gasteiger partial charge on any atom is -0.546 e. The van der Waals surface area contributed by atoms with Crippen LogP contribution in [0.4, 0.5) is 0 Å². The molecule has 130 valence electrons. The fourth-order valence-electron chi connectivity index (χ4n) is 2.23. The molecule has 0 radical (unpaired) electrons. The Hall–Kier alpha value is -1.14. The Kier molecular flexibility index (Phi) is 10.6. The molecule has 23 heavy (non-hydrogen) atoms. The fourth-order valence-corrected chi connectivity index (χ4v) is 4.35. The van der Waals surface area contributed by atoms with E-state index in [0.717, 1.165) is 36.6 Å². The average Bonchev–Trinajstić information content (AvgIpc) is 2.56. The van der Waals surface area contributed by atoms with E-state index in [9.17, 15) is 0 Å². The Morgan fingerprint density at radius 3 is 2.22 bits per heavy atom. The predicted octanol–water partition coefficient (Wildman–Crippen LogP) is 3.87. The van der Waals surface area contributed by atoms with Gasteiger partial charge in [-0.15, -0.1) is 0 Å². The molecule has 0 aliphatic carbocycles. The van der Waals surface area contributed by atoms with Gasteiger partial charge in [-0.3, -0.25) is 0 Å². The molecule has 0 saturated carbocycles. The molecule has 0 spiro atoms. The molecule has 0 aliphatic rings.